The van der Waals surface area contributed by atoms with E-state index in [9.17, 15) is 9.90 Å². The first-order valence-corrected chi connectivity index (χ1v) is 5.60. The molecule has 1 heterocycles. The maximum absolute atomic E-state index is 10.5. The molecule has 0 bridgehead atoms. The van der Waals surface area contributed by atoms with Crippen LogP contribution < -0.4 is 34.7 Å². The van der Waals surface area contributed by atoms with E-state index in [1.54, 1.807) is 0 Å². The number of nitrogens with zero attached hydrogens (tertiary/aromatic N) is 1. The van der Waals surface area contributed by atoms with Gasteiger partial charge in [0.05, 0.1) is 10.2 Å². The van der Waals surface area contributed by atoms with E-state index in [1.165, 1.54) is 18.4 Å². The molecule has 0 spiro atoms. The summed E-state index contributed by atoms with van der Waals surface area (Å²) in [5, 5.41) is 11.2. The number of benzene rings is 1. The normalized spacial score (nSPS) is 12.1. The summed E-state index contributed by atoms with van der Waals surface area (Å²) in [4.78, 5) is 14.9. The Hall–Kier alpha value is -0.460. The van der Waals surface area contributed by atoms with E-state index in [0.717, 1.165) is 10.2 Å². The van der Waals surface area contributed by atoms with Crippen LogP contribution in [0.2, 0.25) is 0 Å². The fourth-order valence-corrected chi connectivity index (χ4v) is 2.50. The van der Waals surface area contributed by atoms with Gasteiger partial charge in [0.25, 0.3) is 0 Å². The Bertz CT molecular complexity index is 481. The Kier molecular flexibility index (Phi) is 5.55. The van der Waals surface area contributed by atoms with Crippen LogP contribution in [0.1, 0.15) is 17.5 Å². The molecule has 1 atom stereocenters. The Labute approximate surface area is 125 Å². The van der Waals surface area contributed by atoms with E-state index in [-0.39, 0.29) is 36.0 Å². The van der Waals surface area contributed by atoms with E-state index in [0.29, 0.717) is 5.01 Å². The SMILES string of the molecule is COC(CC(=O)[O-])c1nc2ccccc2s1.[Na+]. The zero-order chi connectivity index (χ0) is 11.5. The number of carbonyl (C=O) groups is 1. The average Bonchev–Trinajstić information content (AvgIpc) is 2.68. The third-order valence-corrected chi connectivity index (χ3v) is 3.35. The summed E-state index contributed by atoms with van der Waals surface area (Å²) >= 11 is 1.44. The fraction of sp³-hybridized carbons (Fsp3) is 0.273. The number of carboxylic acids is 1. The smallest absolute Gasteiger partial charge is 0.550 e. The molecule has 2 aromatic rings. The van der Waals surface area contributed by atoms with E-state index < -0.39 is 12.1 Å². The van der Waals surface area contributed by atoms with Crippen LogP contribution in [0.5, 0.6) is 0 Å². The van der Waals surface area contributed by atoms with Gasteiger partial charge < -0.3 is 14.6 Å². The van der Waals surface area contributed by atoms with Crippen molar-refractivity contribution in [1.29, 1.82) is 0 Å². The van der Waals surface area contributed by atoms with Crippen molar-refractivity contribution in [3.8, 4) is 0 Å². The number of aromatic nitrogens is 1. The fourth-order valence-electron chi connectivity index (χ4n) is 1.45. The second-order valence-corrected chi connectivity index (χ2v) is 4.38. The first-order valence-electron chi connectivity index (χ1n) is 4.79. The topological polar surface area (TPSA) is 62.2 Å². The van der Waals surface area contributed by atoms with Crippen molar-refractivity contribution in [3.63, 3.8) is 0 Å². The van der Waals surface area contributed by atoms with Gasteiger partial charge in [0, 0.05) is 19.5 Å². The minimum Gasteiger partial charge on any atom is -0.550 e. The van der Waals surface area contributed by atoms with Crippen LogP contribution in [-0.2, 0) is 9.53 Å². The number of hydrogen-bond donors (Lipinski definition) is 0. The predicted octanol–water partition coefficient (Wildman–Crippen LogP) is -1.87. The van der Waals surface area contributed by atoms with Crippen molar-refractivity contribution in [2.24, 2.45) is 0 Å². The molecule has 0 amide bonds. The van der Waals surface area contributed by atoms with Gasteiger partial charge >= 0.3 is 29.6 Å². The van der Waals surface area contributed by atoms with Gasteiger partial charge in [-0.1, -0.05) is 12.1 Å². The van der Waals surface area contributed by atoms with Gasteiger partial charge in [0.15, 0.2) is 0 Å². The molecule has 6 heteroatoms. The molecule has 0 saturated carbocycles. The first-order chi connectivity index (χ1) is 7.70. The quantitative estimate of drug-likeness (QED) is 0.603. The van der Waals surface area contributed by atoms with Gasteiger partial charge in [-0.05, 0) is 12.1 Å². The van der Waals surface area contributed by atoms with Crippen LogP contribution in [0.15, 0.2) is 24.3 Å². The molecule has 0 aliphatic heterocycles. The Balaban J connectivity index is 0.00000144. The molecule has 4 nitrogen and oxygen atoms in total. The Morgan fingerprint density at radius 1 is 1.53 bits per heavy atom. The maximum atomic E-state index is 10.5. The van der Waals surface area contributed by atoms with Crippen LogP contribution in [0.4, 0.5) is 0 Å². The minimum absolute atomic E-state index is 0. The van der Waals surface area contributed by atoms with Crippen LogP contribution in [0, 0.1) is 0 Å². The first kappa shape index (κ1) is 14.6. The number of methoxy groups -OCH3 is 1. The largest absolute Gasteiger partial charge is 1.00 e. The predicted molar refractivity (Wildman–Crippen MR) is 59.0 cm³/mol. The average molecular weight is 259 g/mol. The number of aliphatic carboxylic acids is 1. The minimum atomic E-state index is -1.13. The zero-order valence-corrected chi connectivity index (χ0v) is 12.5. The second-order valence-electron chi connectivity index (χ2n) is 3.32. The third-order valence-electron chi connectivity index (χ3n) is 2.22. The number of ether oxygens (including phenoxy) is 1. The van der Waals surface area contributed by atoms with Gasteiger partial charge in [-0.3, -0.25) is 0 Å². The molecule has 1 aromatic heterocycles. The zero-order valence-electron chi connectivity index (χ0n) is 9.67. The molecule has 2 rings (SSSR count). The Morgan fingerprint density at radius 2 is 2.24 bits per heavy atom. The van der Waals surface area contributed by atoms with Crippen molar-refractivity contribution in [3.05, 3.63) is 29.3 Å². The number of fused-ring (bicyclic) bond motifs is 1. The van der Waals surface area contributed by atoms with Gasteiger partial charge in [-0.15, -0.1) is 11.3 Å². The number of carbonyl (C=O) groups excluding carboxylic acids is 1. The van der Waals surface area contributed by atoms with Gasteiger partial charge in [-0.25, -0.2) is 4.98 Å². The van der Waals surface area contributed by atoms with E-state index in [1.807, 2.05) is 24.3 Å². The van der Waals surface area contributed by atoms with Crippen LogP contribution in [0.3, 0.4) is 0 Å². The van der Waals surface area contributed by atoms with Gasteiger partial charge in [0.2, 0.25) is 0 Å². The molecule has 0 N–H and O–H groups in total. The summed E-state index contributed by atoms with van der Waals surface area (Å²) in [5.41, 5.74) is 0.864. The van der Waals surface area contributed by atoms with Crippen molar-refractivity contribution in [1.82, 2.24) is 4.98 Å². The van der Waals surface area contributed by atoms with Crippen molar-refractivity contribution < 1.29 is 44.2 Å². The van der Waals surface area contributed by atoms with Gasteiger partial charge in [0.1, 0.15) is 11.1 Å². The molecule has 17 heavy (non-hydrogen) atoms. The van der Waals surface area contributed by atoms with Gasteiger partial charge in [-0.2, -0.15) is 0 Å². The summed E-state index contributed by atoms with van der Waals surface area (Å²) in [6.45, 7) is 0. The van der Waals surface area contributed by atoms with Crippen molar-refractivity contribution in [2.75, 3.05) is 7.11 Å². The number of carboxylic acid groups (broad SMARTS) is 1. The summed E-state index contributed by atoms with van der Waals surface area (Å²) < 4.78 is 6.13. The summed E-state index contributed by atoms with van der Waals surface area (Å²) in [6, 6.07) is 7.65. The van der Waals surface area contributed by atoms with Crippen LogP contribution in [0.25, 0.3) is 10.2 Å². The number of hydrogen-bond acceptors (Lipinski definition) is 5. The van der Waals surface area contributed by atoms with Crippen molar-refractivity contribution in [2.45, 2.75) is 12.5 Å². The molecular formula is C11H10NNaO3S. The third kappa shape index (κ3) is 3.50. The number of para-hydroxylation sites is 1. The van der Waals surface area contributed by atoms with Crippen LogP contribution in [-0.4, -0.2) is 18.1 Å². The molecule has 0 fully saturated rings. The number of rotatable bonds is 4. The monoisotopic (exact) mass is 259 g/mol. The maximum Gasteiger partial charge on any atom is 1.00 e. The molecule has 1 aromatic carbocycles. The molecule has 0 saturated heterocycles. The molecule has 0 radical (unpaired) electrons. The van der Waals surface area contributed by atoms with E-state index >= 15 is 0 Å². The van der Waals surface area contributed by atoms with Crippen LogP contribution >= 0.6 is 11.3 Å². The summed E-state index contributed by atoms with van der Waals surface area (Å²) in [6.07, 6.45) is -0.696. The molecule has 84 valence electrons. The van der Waals surface area contributed by atoms with E-state index in [4.69, 9.17) is 4.74 Å². The second kappa shape index (κ2) is 6.47. The van der Waals surface area contributed by atoms with E-state index in [2.05, 4.69) is 4.98 Å². The molecule has 0 aliphatic rings. The molecule has 0 aliphatic carbocycles. The molecular weight excluding hydrogens is 249 g/mol. The summed E-state index contributed by atoms with van der Waals surface area (Å²) in [5.74, 6) is -1.13. The molecule has 1 unspecified atom stereocenters. The standard InChI is InChI=1S/C11H11NO3S.Na/c1-15-8(6-10(13)14)11-12-7-4-2-3-5-9(7)16-11;/h2-5,8H,6H2,1H3,(H,13,14);/q;+1/p-1. The van der Waals surface area contributed by atoms with Crippen molar-refractivity contribution >= 4 is 27.5 Å². The summed E-state index contributed by atoms with van der Waals surface area (Å²) in [7, 11) is 1.47. The Morgan fingerprint density at radius 3 is 2.82 bits per heavy atom. The number of thiazole rings is 1.